The van der Waals surface area contributed by atoms with Crippen LogP contribution < -0.4 is 5.32 Å². The lowest BCUT2D eigenvalue weighted by Crippen LogP contribution is -2.40. The molecule has 0 saturated carbocycles. The summed E-state index contributed by atoms with van der Waals surface area (Å²) >= 11 is 0. The van der Waals surface area contributed by atoms with E-state index in [1.54, 1.807) is 0 Å². The van der Waals surface area contributed by atoms with Crippen molar-refractivity contribution in [3.05, 3.63) is 17.5 Å². The van der Waals surface area contributed by atoms with Crippen LogP contribution in [-0.4, -0.2) is 36.2 Å². The van der Waals surface area contributed by atoms with Gasteiger partial charge in [0.25, 0.3) is 0 Å². The van der Waals surface area contributed by atoms with Gasteiger partial charge in [-0.05, 0) is 0 Å². The van der Waals surface area contributed by atoms with Crippen LogP contribution in [0.5, 0.6) is 0 Å². The molecule has 1 N–H and O–H groups in total. The van der Waals surface area contributed by atoms with Crippen LogP contribution in [0.15, 0.2) is 6.20 Å². The van der Waals surface area contributed by atoms with E-state index >= 15 is 0 Å². The predicted molar refractivity (Wildman–Crippen MR) is 55.3 cm³/mol. The third-order valence-corrected chi connectivity index (χ3v) is 4.86. The molecule has 1 aromatic rings. The van der Waals surface area contributed by atoms with E-state index in [2.05, 4.69) is 10.4 Å². The Hall–Kier alpha value is -0.880. The van der Waals surface area contributed by atoms with Crippen LogP contribution in [0, 0.1) is 0 Å². The molecule has 5 nitrogen and oxygen atoms in total. The van der Waals surface area contributed by atoms with Crippen molar-refractivity contribution in [3.8, 4) is 0 Å². The number of nitrogens with one attached hydrogen (secondary N) is 1. The largest absolute Gasteiger partial charge is 0.312 e. The molecule has 0 atom stereocenters. The lowest BCUT2D eigenvalue weighted by atomic mass is 10.1. The predicted octanol–water partition coefficient (Wildman–Crippen LogP) is -0.502. The van der Waals surface area contributed by atoms with Crippen molar-refractivity contribution >= 4 is 9.84 Å². The van der Waals surface area contributed by atoms with E-state index in [1.165, 1.54) is 11.3 Å². The maximum atomic E-state index is 11.1. The topological polar surface area (TPSA) is 64.0 Å². The molecule has 0 aromatic carbocycles. The fourth-order valence-corrected chi connectivity index (χ4v) is 3.63. The van der Waals surface area contributed by atoms with E-state index in [9.17, 15) is 8.42 Å². The summed E-state index contributed by atoms with van der Waals surface area (Å²) in [6, 6.07) is 0.0804. The van der Waals surface area contributed by atoms with E-state index in [4.69, 9.17) is 0 Å². The Morgan fingerprint density at radius 1 is 1.47 bits per heavy atom. The van der Waals surface area contributed by atoms with E-state index in [0.29, 0.717) is 0 Å². The molecular formula is C9H13N3O2S. The standard InChI is InChI=1S/C9H13N3O2S/c13-15(14)5-8(6-15)12-9-1-2-10-3-7(9)4-11-12/h4,8,10H,1-3,5-6H2. The van der Waals surface area contributed by atoms with Gasteiger partial charge in [-0.2, -0.15) is 5.10 Å². The quantitative estimate of drug-likeness (QED) is 0.702. The lowest BCUT2D eigenvalue weighted by molar-refractivity contribution is 0.452. The van der Waals surface area contributed by atoms with Gasteiger partial charge in [0.05, 0.1) is 23.7 Å². The van der Waals surface area contributed by atoms with Crippen molar-refractivity contribution < 1.29 is 8.42 Å². The zero-order valence-corrected chi connectivity index (χ0v) is 9.13. The first kappa shape index (κ1) is 9.35. The molecule has 0 radical (unpaired) electrons. The number of sulfone groups is 1. The second kappa shape index (κ2) is 3.05. The van der Waals surface area contributed by atoms with Gasteiger partial charge in [-0.15, -0.1) is 0 Å². The molecule has 1 saturated heterocycles. The second-order valence-corrected chi connectivity index (χ2v) is 6.37. The van der Waals surface area contributed by atoms with E-state index in [-0.39, 0.29) is 17.5 Å². The summed E-state index contributed by atoms with van der Waals surface area (Å²) in [6.45, 7) is 1.81. The van der Waals surface area contributed by atoms with Crippen molar-refractivity contribution in [1.82, 2.24) is 15.1 Å². The average molecular weight is 227 g/mol. The summed E-state index contributed by atoms with van der Waals surface area (Å²) in [5, 5.41) is 7.57. The highest BCUT2D eigenvalue weighted by Gasteiger charge is 2.36. The number of fused-ring (bicyclic) bond motifs is 1. The zero-order chi connectivity index (χ0) is 10.5. The Morgan fingerprint density at radius 2 is 2.27 bits per heavy atom. The minimum absolute atomic E-state index is 0.0804. The van der Waals surface area contributed by atoms with Crippen LogP contribution in [0.3, 0.4) is 0 Å². The van der Waals surface area contributed by atoms with Gasteiger partial charge in [0, 0.05) is 30.8 Å². The van der Waals surface area contributed by atoms with Crippen molar-refractivity contribution in [2.45, 2.75) is 19.0 Å². The minimum Gasteiger partial charge on any atom is -0.312 e. The Labute approximate surface area is 88.4 Å². The summed E-state index contributed by atoms with van der Waals surface area (Å²) in [5.41, 5.74) is 2.43. The van der Waals surface area contributed by atoms with Gasteiger partial charge in [0.15, 0.2) is 9.84 Å². The molecule has 82 valence electrons. The zero-order valence-electron chi connectivity index (χ0n) is 8.31. The van der Waals surface area contributed by atoms with Crippen molar-refractivity contribution in [3.63, 3.8) is 0 Å². The van der Waals surface area contributed by atoms with Crippen LogP contribution in [-0.2, 0) is 22.8 Å². The maximum Gasteiger partial charge on any atom is 0.154 e. The summed E-state index contributed by atoms with van der Waals surface area (Å²) in [5.74, 6) is 0.517. The van der Waals surface area contributed by atoms with Crippen LogP contribution >= 0.6 is 0 Å². The number of hydrogen-bond acceptors (Lipinski definition) is 4. The van der Waals surface area contributed by atoms with Crippen molar-refractivity contribution in [1.29, 1.82) is 0 Å². The first-order valence-electron chi connectivity index (χ1n) is 5.12. The molecule has 0 bridgehead atoms. The number of nitrogens with zero attached hydrogens (tertiary/aromatic N) is 2. The highest BCUT2D eigenvalue weighted by atomic mass is 32.2. The molecule has 15 heavy (non-hydrogen) atoms. The molecule has 2 aliphatic heterocycles. The second-order valence-electron chi connectivity index (χ2n) is 4.22. The smallest absolute Gasteiger partial charge is 0.154 e. The molecule has 0 unspecified atom stereocenters. The van der Waals surface area contributed by atoms with Gasteiger partial charge < -0.3 is 5.32 Å². The molecule has 3 heterocycles. The Balaban J connectivity index is 1.90. The van der Waals surface area contributed by atoms with E-state index in [0.717, 1.165) is 19.5 Å². The molecule has 0 spiro atoms. The highest BCUT2D eigenvalue weighted by molar-refractivity contribution is 7.92. The van der Waals surface area contributed by atoms with E-state index in [1.807, 2.05) is 10.9 Å². The number of aromatic nitrogens is 2. The van der Waals surface area contributed by atoms with E-state index < -0.39 is 9.84 Å². The average Bonchev–Trinajstić information content (AvgIpc) is 2.57. The van der Waals surface area contributed by atoms with Gasteiger partial charge in [0.2, 0.25) is 0 Å². The third kappa shape index (κ3) is 1.48. The third-order valence-electron chi connectivity index (χ3n) is 3.08. The lowest BCUT2D eigenvalue weighted by Gasteiger charge is -2.28. The maximum absolute atomic E-state index is 11.1. The first-order chi connectivity index (χ1) is 7.16. The van der Waals surface area contributed by atoms with Gasteiger partial charge in [0.1, 0.15) is 0 Å². The SMILES string of the molecule is O=S1(=O)CC(n2ncc3c2CCNC3)C1. The Kier molecular flexibility index (Phi) is 1.90. The molecule has 6 heteroatoms. The van der Waals surface area contributed by atoms with Crippen molar-refractivity contribution in [2.24, 2.45) is 0 Å². The first-order valence-corrected chi connectivity index (χ1v) is 6.94. The van der Waals surface area contributed by atoms with Crippen LogP contribution in [0.2, 0.25) is 0 Å². The molecule has 2 aliphatic rings. The van der Waals surface area contributed by atoms with Gasteiger partial charge in [-0.3, -0.25) is 4.68 Å². The minimum atomic E-state index is -2.76. The van der Waals surface area contributed by atoms with Crippen LogP contribution in [0.4, 0.5) is 0 Å². The fraction of sp³-hybridized carbons (Fsp3) is 0.667. The monoisotopic (exact) mass is 227 g/mol. The van der Waals surface area contributed by atoms with Crippen LogP contribution in [0.25, 0.3) is 0 Å². The molecule has 1 fully saturated rings. The molecule has 0 amide bonds. The van der Waals surface area contributed by atoms with Gasteiger partial charge >= 0.3 is 0 Å². The van der Waals surface area contributed by atoms with Gasteiger partial charge in [-0.1, -0.05) is 0 Å². The molecule has 1 aromatic heterocycles. The molecule has 3 rings (SSSR count). The number of hydrogen-bond donors (Lipinski definition) is 1. The molecular weight excluding hydrogens is 214 g/mol. The Morgan fingerprint density at radius 3 is 3.00 bits per heavy atom. The number of rotatable bonds is 1. The van der Waals surface area contributed by atoms with Crippen molar-refractivity contribution in [2.75, 3.05) is 18.1 Å². The summed E-state index contributed by atoms with van der Waals surface area (Å²) in [6.07, 6.45) is 2.80. The van der Waals surface area contributed by atoms with Crippen LogP contribution in [0.1, 0.15) is 17.3 Å². The summed E-state index contributed by atoms with van der Waals surface area (Å²) in [7, 11) is -2.76. The normalized spacial score (nSPS) is 24.5. The Bertz CT molecular complexity index is 479. The van der Waals surface area contributed by atoms with Gasteiger partial charge in [-0.25, -0.2) is 8.42 Å². The highest BCUT2D eigenvalue weighted by Crippen LogP contribution is 2.26. The fourth-order valence-electron chi connectivity index (χ4n) is 2.27. The molecule has 0 aliphatic carbocycles. The summed E-state index contributed by atoms with van der Waals surface area (Å²) in [4.78, 5) is 0. The summed E-state index contributed by atoms with van der Waals surface area (Å²) < 4.78 is 24.1.